The van der Waals surface area contributed by atoms with E-state index in [1.54, 1.807) is 23.3 Å². The monoisotopic (exact) mass is 237 g/mol. The summed E-state index contributed by atoms with van der Waals surface area (Å²) in [6, 6.07) is 1.87. The molecule has 0 radical (unpaired) electrons. The summed E-state index contributed by atoms with van der Waals surface area (Å²) in [7, 11) is 0. The Hall–Kier alpha value is -1.89. The van der Waals surface area contributed by atoms with Crippen LogP contribution in [0.2, 0.25) is 0 Å². The lowest BCUT2D eigenvalue weighted by Crippen LogP contribution is -2.38. The number of carbonyl (C=O) groups is 1. The summed E-state index contributed by atoms with van der Waals surface area (Å²) in [5, 5.41) is 16.4. The highest BCUT2D eigenvalue weighted by molar-refractivity contribution is 7.09. The van der Waals surface area contributed by atoms with Crippen LogP contribution in [0, 0.1) is 0 Å². The SMILES string of the molecule is O=C(O)CC[n+]1ccc(-c2cnns2)cn1. The van der Waals surface area contributed by atoms with Gasteiger partial charge in [-0.05, 0) is 16.6 Å². The minimum absolute atomic E-state index is 0.0686. The van der Waals surface area contributed by atoms with Crippen LogP contribution in [0.5, 0.6) is 0 Å². The molecule has 0 amide bonds. The molecule has 0 fully saturated rings. The van der Waals surface area contributed by atoms with Crippen molar-refractivity contribution in [3.8, 4) is 10.4 Å². The molecule has 0 spiro atoms. The van der Waals surface area contributed by atoms with E-state index >= 15 is 0 Å². The highest BCUT2D eigenvalue weighted by Crippen LogP contribution is 2.18. The Morgan fingerprint density at radius 2 is 2.38 bits per heavy atom. The van der Waals surface area contributed by atoms with Crippen LogP contribution >= 0.6 is 11.5 Å². The Kier molecular flexibility index (Phi) is 3.16. The number of aryl methyl sites for hydroxylation is 1. The number of carboxylic acids is 1. The number of hydrogen-bond donors (Lipinski definition) is 1. The molecular formula is C9H9N4O2S+. The van der Waals surface area contributed by atoms with Crippen LogP contribution in [0.3, 0.4) is 0 Å². The van der Waals surface area contributed by atoms with E-state index in [9.17, 15) is 4.79 Å². The second-order valence-electron chi connectivity index (χ2n) is 3.10. The number of carboxylic acid groups (broad SMARTS) is 1. The molecule has 82 valence electrons. The van der Waals surface area contributed by atoms with Gasteiger partial charge < -0.3 is 5.11 Å². The number of hydrogen-bond acceptors (Lipinski definition) is 5. The standard InChI is InChI=1S/C9H8N4O2S/c14-9(15)2-4-13-3-1-7(5-11-13)8-6-10-12-16-8/h1,3,5-6H,2,4H2/p+1. The van der Waals surface area contributed by atoms with Crippen molar-refractivity contribution in [3.63, 3.8) is 0 Å². The highest BCUT2D eigenvalue weighted by atomic mass is 32.1. The molecule has 0 saturated heterocycles. The summed E-state index contributed by atoms with van der Waals surface area (Å²) >= 11 is 1.30. The van der Waals surface area contributed by atoms with E-state index in [0.29, 0.717) is 6.54 Å². The first kappa shape index (κ1) is 10.6. The van der Waals surface area contributed by atoms with E-state index in [4.69, 9.17) is 5.11 Å². The van der Waals surface area contributed by atoms with E-state index in [2.05, 4.69) is 14.7 Å². The molecule has 0 atom stereocenters. The summed E-state index contributed by atoms with van der Waals surface area (Å²) in [6.45, 7) is 0.372. The molecule has 0 aliphatic rings. The van der Waals surface area contributed by atoms with Crippen molar-refractivity contribution in [1.29, 1.82) is 0 Å². The molecule has 7 heteroatoms. The largest absolute Gasteiger partial charge is 0.481 e. The van der Waals surface area contributed by atoms with Gasteiger partial charge in [0.2, 0.25) is 0 Å². The first-order chi connectivity index (χ1) is 7.75. The molecule has 0 aliphatic heterocycles. The molecule has 0 saturated carbocycles. The van der Waals surface area contributed by atoms with Crippen molar-refractivity contribution in [3.05, 3.63) is 24.7 Å². The molecule has 16 heavy (non-hydrogen) atoms. The van der Waals surface area contributed by atoms with E-state index < -0.39 is 5.97 Å². The van der Waals surface area contributed by atoms with Gasteiger partial charge in [0.25, 0.3) is 0 Å². The van der Waals surface area contributed by atoms with Gasteiger partial charge in [0.1, 0.15) is 12.6 Å². The second-order valence-corrected chi connectivity index (χ2v) is 3.89. The average Bonchev–Trinajstić information content (AvgIpc) is 2.80. The van der Waals surface area contributed by atoms with Gasteiger partial charge >= 0.3 is 5.97 Å². The normalized spacial score (nSPS) is 10.2. The van der Waals surface area contributed by atoms with E-state index in [-0.39, 0.29) is 6.42 Å². The molecule has 2 aromatic rings. The van der Waals surface area contributed by atoms with Gasteiger partial charge in [0.15, 0.2) is 12.7 Å². The van der Waals surface area contributed by atoms with Crippen molar-refractivity contribution in [2.24, 2.45) is 0 Å². The fourth-order valence-corrected chi connectivity index (χ4v) is 1.67. The van der Waals surface area contributed by atoms with E-state index in [1.807, 2.05) is 6.07 Å². The summed E-state index contributed by atoms with van der Waals surface area (Å²) in [6.07, 6.45) is 5.16. The number of aliphatic carboxylic acids is 1. The van der Waals surface area contributed by atoms with Gasteiger partial charge in [-0.15, -0.1) is 5.10 Å². The molecule has 0 bridgehead atoms. The first-order valence-corrected chi connectivity index (χ1v) is 5.38. The number of nitrogens with zero attached hydrogens (tertiary/aromatic N) is 4. The maximum Gasteiger partial charge on any atom is 0.309 e. The van der Waals surface area contributed by atoms with Gasteiger partial charge in [-0.2, -0.15) is 0 Å². The maximum atomic E-state index is 10.4. The molecule has 2 heterocycles. The Morgan fingerprint density at radius 1 is 1.50 bits per heavy atom. The molecule has 1 N–H and O–H groups in total. The van der Waals surface area contributed by atoms with Crippen LogP contribution in [0.1, 0.15) is 6.42 Å². The van der Waals surface area contributed by atoms with Crippen molar-refractivity contribution >= 4 is 17.5 Å². The van der Waals surface area contributed by atoms with Gasteiger partial charge in [-0.1, -0.05) is 9.17 Å². The Morgan fingerprint density at radius 3 is 2.94 bits per heavy atom. The summed E-state index contributed by atoms with van der Waals surface area (Å²) in [4.78, 5) is 11.3. The minimum Gasteiger partial charge on any atom is -0.481 e. The van der Waals surface area contributed by atoms with Crippen LogP contribution in [-0.2, 0) is 11.3 Å². The van der Waals surface area contributed by atoms with Gasteiger partial charge in [-0.3, -0.25) is 4.79 Å². The zero-order chi connectivity index (χ0) is 11.4. The lowest BCUT2D eigenvalue weighted by Gasteiger charge is -1.93. The third-order valence-corrected chi connectivity index (χ3v) is 2.69. The topological polar surface area (TPSA) is 79.9 Å². The van der Waals surface area contributed by atoms with Gasteiger partial charge in [0.05, 0.1) is 11.1 Å². The highest BCUT2D eigenvalue weighted by Gasteiger charge is 2.08. The fourth-order valence-electron chi connectivity index (χ4n) is 1.17. The van der Waals surface area contributed by atoms with Crippen molar-refractivity contribution < 1.29 is 14.6 Å². The van der Waals surface area contributed by atoms with Crippen LogP contribution < -0.4 is 4.68 Å². The molecule has 2 rings (SSSR count). The van der Waals surface area contributed by atoms with E-state index in [0.717, 1.165) is 10.4 Å². The third kappa shape index (κ3) is 2.57. The fraction of sp³-hybridized carbons (Fsp3) is 0.222. The Labute approximate surface area is 95.3 Å². The van der Waals surface area contributed by atoms with E-state index in [1.165, 1.54) is 11.5 Å². The lowest BCUT2D eigenvalue weighted by atomic mass is 10.3. The number of rotatable bonds is 4. The van der Waals surface area contributed by atoms with Crippen molar-refractivity contribution in [2.75, 3.05) is 0 Å². The van der Waals surface area contributed by atoms with Crippen LogP contribution in [0.15, 0.2) is 24.7 Å². The average molecular weight is 237 g/mol. The summed E-state index contributed by atoms with van der Waals surface area (Å²) in [5.74, 6) is -0.829. The van der Waals surface area contributed by atoms with Crippen LogP contribution in [-0.4, -0.2) is 25.8 Å². The van der Waals surface area contributed by atoms with Crippen LogP contribution in [0.25, 0.3) is 10.4 Å². The molecule has 2 aromatic heterocycles. The minimum atomic E-state index is -0.829. The quantitative estimate of drug-likeness (QED) is 0.777. The third-order valence-electron chi connectivity index (χ3n) is 1.97. The summed E-state index contributed by atoms with van der Waals surface area (Å²) < 4.78 is 5.35. The maximum absolute atomic E-state index is 10.4. The lowest BCUT2D eigenvalue weighted by molar-refractivity contribution is -0.752. The van der Waals surface area contributed by atoms with Gasteiger partial charge in [0, 0.05) is 11.6 Å². The van der Waals surface area contributed by atoms with Gasteiger partial charge in [-0.25, -0.2) is 0 Å². The van der Waals surface area contributed by atoms with Crippen molar-refractivity contribution in [1.82, 2.24) is 14.7 Å². The predicted octanol–water partition coefficient (Wildman–Crippen LogP) is 0.362. The molecule has 6 nitrogen and oxygen atoms in total. The zero-order valence-electron chi connectivity index (χ0n) is 8.28. The first-order valence-electron chi connectivity index (χ1n) is 4.61. The Bertz CT molecular complexity index is 469. The molecular weight excluding hydrogens is 228 g/mol. The smallest absolute Gasteiger partial charge is 0.309 e. The number of aromatic nitrogens is 4. The molecule has 0 aliphatic carbocycles. The van der Waals surface area contributed by atoms with Crippen LogP contribution in [0.4, 0.5) is 0 Å². The summed E-state index contributed by atoms with van der Waals surface area (Å²) in [5.41, 5.74) is 0.932. The second kappa shape index (κ2) is 4.75. The molecule has 0 unspecified atom stereocenters. The predicted molar refractivity (Wildman–Crippen MR) is 55.6 cm³/mol. The molecule has 0 aromatic carbocycles. The Balaban J connectivity index is 2.08. The van der Waals surface area contributed by atoms with Crippen molar-refractivity contribution in [2.45, 2.75) is 13.0 Å². The zero-order valence-corrected chi connectivity index (χ0v) is 9.09.